The van der Waals surface area contributed by atoms with Gasteiger partial charge in [0.1, 0.15) is 4.49 Å². The Balaban J connectivity index is 2.09. The van der Waals surface area contributed by atoms with Crippen molar-refractivity contribution in [3.8, 4) is 0 Å². The number of halogens is 2. The Morgan fingerprint density at radius 1 is 0.917 bits per heavy atom. The summed E-state index contributed by atoms with van der Waals surface area (Å²) in [4.78, 5) is 25.0. The summed E-state index contributed by atoms with van der Waals surface area (Å²) in [6.45, 7) is 0. The van der Waals surface area contributed by atoms with Crippen LogP contribution in [0.4, 0.5) is 4.79 Å². The molecular formula is C18H14Cl2N2O2. The van der Waals surface area contributed by atoms with Crippen LogP contribution in [0.15, 0.2) is 70.9 Å². The van der Waals surface area contributed by atoms with E-state index in [4.69, 9.17) is 23.2 Å². The van der Waals surface area contributed by atoms with Crippen molar-refractivity contribution in [2.24, 2.45) is 5.92 Å². The molecule has 1 heterocycles. The van der Waals surface area contributed by atoms with Crippen molar-refractivity contribution in [3.63, 3.8) is 0 Å². The smallest absolute Gasteiger partial charge is 0.319 e. The number of Topliss-reactive ketones (excluding diaryl/α,β-unsaturated/α-hetero) is 1. The van der Waals surface area contributed by atoms with Gasteiger partial charge < -0.3 is 10.6 Å². The van der Waals surface area contributed by atoms with Crippen LogP contribution < -0.4 is 10.6 Å². The van der Waals surface area contributed by atoms with Gasteiger partial charge >= 0.3 is 6.03 Å². The second kappa shape index (κ2) is 7.07. The molecule has 2 aromatic carbocycles. The van der Waals surface area contributed by atoms with Crippen LogP contribution in [0.3, 0.4) is 0 Å². The van der Waals surface area contributed by atoms with E-state index in [2.05, 4.69) is 10.6 Å². The number of benzene rings is 2. The summed E-state index contributed by atoms with van der Waals surface area (Å²) in [6, 6.07) is 17.1. The Kier molecular flexibility index (Phi) is 4.88. The summed E-state index contributed by atoms with van der Waals surface area (Å²) in [6.07, 6.45) is 0. The predicted molar refractivity (Wildman–Crippen MR) is 93.8 cm³/mol. The van der Waals surface area contributed by atoms with Crippen molar-refractivity contribution in [1.29, 1.82) is 0 Å². The first-order valence-electron chi connectivity index (χ1n) is 7.35. The summed E-state index contributed by atoms with van der Waals surface area (Å²) < 4.78 is -0.125. The highest BCUT2D eigenvalue weighted by atomic mass is 35.5. The predicted octanol–water partition coefficient (Wildman–Crippen LogP) is 4.19. The first-order chi connectivity index (χ1) is 11.6. The Morgan fingerprint density at radius 2 is 1.50 bits per heavy atom. The van der Waals surface area contributed by atoms with E-state index in [1.54, 1.807) is 24.3 Å². The largest absolute Gasteiger partial charge is 0.330 e. The number of amides is 2. The van der Waals surface area contributed by atoms with Crippen LogP contribution >= 0.6 is 23.2 Å². The number of hydrogen-bond donors (Lipinski definition) is 2. The number of nitrogens with one attached hydrogen (secondary N) is 2. The fourth-order valence-electron chi connectivity index (χ4n) is 2.79. The van der Waals surface area contributed by atoms with Crippen LogP contribution in [0.2, 0.25) is 0 Å². The van der Waals surface area contributed by atoms with Gasteiger partial charge in [0.05, 0.1) is 17.7 Å². The normalized spacial score (nSPS) is 20.1. The number of carbonyl (C=O) groups excluding carboxylic acids is 2. The lowest BCUT2D eigenvalue weighted by Crippen LogP contribution is -2.51. The SMILES string of the molecule is O=C1NC(=C(Cl)Cl)C(C(=O)c2ccccc2)C(c2ccccc2)N1. The van der Waals surface area contributed by atoms with E-state index in [1.165, 1.54) is 0 Å². The third kappa shape index (κ3) is 3.30. The number of hydrogen-bond acceptors (Lipinski definition) is 2. The highest BCUT2D eigenvalue weighted by Crippen LogP contribution is 2.35. The van der Waals surface area contributed by atoms with Crippen LogP contribution in [0.25, 0.3) is 0 Å². The van der Waals surface area contributed by atoms with Crippen molar-refractivity contribution in [1.82, 2.24) is 10.6 Å². The number of urea groups is 1. The van der Waals surface area contributed by atoms with Gasteiger partial charge in [-0.1, -0.05) is 83.9 Å². The Hall–Kier alpha value is -2.30. The zero-order valence-electron chi connectivity index (χ0n) is 12.5. The monoisotopic (exact) mass is 360 g/mol. The van der Waals surface area contributed by atoms with E-state index in [9.17, 15) is 9.59 Å². The third-order valence-corrected chi connectivity index (χ3v) is 4.29. The molecule has 2 amide bonds. The highest BCUT2D eigenvalue weighted by molar-refractivity contribution is 6.56. The van der Waals surface area contributed by atoms with Gasteiger partial charge in [0.2, 0.25) is 0 Å². The zero-order chi connectivity index (χ0) is 17.1. The first kappa shape index (κ1) is 16.6. The Labute approximate surface area is 149 Å². The zero-order valence-corrected chi connectivity index (χ0v) is 14.0. The molecule has 0 radical (unpaired) electrons. The molecule has 1 saturated heterocycles. The van der Waals surface area contributed by atoms with Gasteiger partial charge in [0.15, 0.2) is 5.78 Å². The summed E-state index contributed by atoms with van der Waals surface area (Å²) >= 11 is 11.9. The lowest BCUT2D eigenvalue weighted by molar-refractivity contribution is 0.0905. The molecule has 2 atom stereocenters. The van der Waals surface area contributed by atoms with Crippen LogP contribution in [-0.2, 0) is 0 Å². The maximum absolute atomic E-state index is 13.1. The molecule has 6 heteroatoms. The molecule has 0 bridgehead atoms. The number of ketones is 1. The molecule has 0 spiro atoms. The van der Waals surface area contributed by atoms with Gasteiger partial charge in [-0.15, -0.1) is 0 Å². The van der Waals surface area contributed by atoms with Crippen LogP contribution in [0, 0.1) is 5.92 Å². The van der Waals surface area contributed by atoms with Gasteiger partial charge in [-0.25, -0.2) is 4.79 Å². The third-order valence-electron chi connectivity index (χ3n) is 3.88. The molecule has 4 nitrogen and oxygen atoms in total. The van der Waals surface area contributed by atoms with E-state index < -0.39 is 18.0 Å². The quantitative estimate of drug-likeness (QED) is 0.806. The molecule has 2 aromatic rings. The summed E-state index contributed by atoms with van der Waals surface area (Å²) in [7, 11) is 0. The van der Waals surface area contributed by atoms with Crippen molar-refractivity contribution in [3.05, 3.63) is 82.0 Å². The van der Waals surface area contributed by atoms with Gasteiger partial charge in [-0.05, 0) is 5.56 Å². The van der Waals surface area contributed by atoms with Gasteiger partial charge in [-0.2, -0.15) is 0 Å². The van der Waals surface area contributed by atoms with E-state index in [1.807, 2.05) is 36.4 Å². The van der Waals surface area contributed by atoms with Crippen LogP contribution in [0.5, 0.6) is 0 Å². The molecule has 122 valence electrons. The molecule has 0 aromatic heterocycles. The van der Waals surface area contributed by atoms with Crippen molar-refractivity contribution in [2.45, 2.75) is 6.04 Å². The molecule has 2 N–H and O–H groups in total. The Bertz CT molecular complexity index is 787. The molecule has 1 fully saturated rings. The fourth-order valence-corrected chi connectivity index (χ4v) is 3.12. The molecule has 1 aliphatic rings. The van der Waals surface area contributed by atoms with Crippen molar-refractivity contribution in [2.75, 3.05) is 0 Å². The first-order valence-corrected chi connectivity index (χ1v) is 8.10. The van der Waals surface area contributed by atoms with E-state index in [-0.39, 0.29) is 16.0 Å². The average molecular weight is 361 g/mol. The highest BCUT2D eigenvalue weighted by Gasteiger charge is 2.40. The van der Waals surface area contributed by atoms with Gasteiger partial charge in [0, 0.05) is 5.56 Å². The van der Waals surface area contributed by atoms with Gasteiger partial charge in [-0.3, -0.25) is 4.79 Å². The van der Waals surface area contributed by atoms with Crippen molar-refractivity contribution < 1.29 is 9.59 Å². The molecular weight excluding hydrogens is 347 g/mol. The molecule has 3 rings (SSSR count). The lowest BCUT2D eigenvalue weighted by Gasteiger charge is -2.34. The summed E-state index contributed by atoms with van der Waals surface area (Å²) in [5, 5.41) is 5.36. The summed E-state index contributed by atoms with van der Waals surface area (Å²) in [5.74, 6) is -0.914. The number of carbonyl (C=O) groups is 2. The second-order valence-electron chi connectivity index (χ2n) is 5.37. The lowest BCUT2D eigenvalue weighted by atomic mass is 9.83. The average Bonchev–Trinajstić information content (AvgIpc) is 2.62. The van der Waals surface area contributed by atoms with Crippen molar-refractivity contribution >= 4 is 35.0 Å². The minimum Gasteiger partial charge on any atom is -0.330 e. The molecule has 0 saturated carbocycles. The topological polar surface area (TPSA) is 58.2 Å². The molecule has 1 aliphatic heterocycles. The minimum absolute atomic E-state index is 0.125. The van der Waals surface area contributed by atoms with Crippen LogP contribution in [-0.4, -0.2) is 11.8 Å². The molecule has 0 aliphatic carbocycles. The maximum Gasteiger partial charge on any atom is 0.319 e. The second-order valence-corrected chi connectivity index (χ2v) is 6.32. The molecule has 2 unspecified atom stereocenters. The Morgan fingerprint density at radius 3 is 2.08 bits per heavy atom. The van der Waals surface area contributed by atoms with Gasteiger partial charge in [0.25, 0.3) is 0 Å². The summed E-state index contributed by atoms with van der Waals surface area (Å²) in [5.41, 5.74) is 1.53. The van der Waals surface area contributed by atoms with E-state index in [0.29, 0.717) is 5.56 Å². The van der Waals surface area contributed by atoms with E-state index >= 15 is 0 Å². The van der Waals surface area contributed by atoms with Crippen LogP contribution in [0.1, 0.15) is 22.0 Å². The standard InChI is InChI=1S/C18H14Cl2N2O2/c19-17(20)15-13(16(23)12-9-5-2-6-10-12)14(21-18(24)22-15)11-7-3-1-4-8-11/h1-10,13-14H,(H2,21,22,24). The fraction of sp³-hybridized carbons (Fsp3) is 0.111. The molecule has 24 heavy (non-hydrogen) atoms. The van der Waals surface area contributed by atoms with E-state index in [0.717, 1.165) is 5.56 Å². The minimum atomic E-state index is -0.738. The maximum atomic E-state index is 13.1. The number of rotatable bonds is 3.